The van der Waals surface area contributed by atoms with Gasteiger partial charge in [0.2, 0.25) is 0 Å². The second kappa shape index (κ2) is 7.04. The predicted octanol–water partition coefficient (Wildman–Crippen LogP) is 4.94. The van der Waals surface area contributed by atoms with Crippen LogP contribution in [0.2, 0.25) is 5.02 Å². The third-order valence-corrected chi connectivity index (χ3v) is 3.79. The van der Waals surface area contributed by atoms with E-state index in [0.717, 1.165) is 40.9 Å². The van der Waals surface area contributed by atoms with Crippen LogP contribution in [0.3, 0.4) is 0 Å². The highest BCUT2D eigenvalue weighted by Gasteiger charge is 2.10. The Morgan fingerprint density at radius 2 is 2.00 bits per heavy atom. The van der Waals surface area contributed by atoms with Gasteiger partial charge in [-0.05, 0) is 31.0 Å². The van der Waals surface area contributed by atoms with Crippen LogP contribution >= 0.6 is 27.5 Å². The highest BCUT2D eigenvalue weighted by atomic mass is 79.9. The summed E-state index contributed by atoms with van der Waals surface area (Å²) in [6.45, 7) is 5.11. The molecule has 5 heteroatoms. The average Bonchev–Trinajstić information content (AvgIpc) is 2.47. The molecule has 1 aromatic carbocycles. The molecule has 2 rings (SSSR count). The van der Waals surface area contributed by atoms with Gasteiger partial charge < -0.3 is 5.32 Å². The molecule has 20 heavy (non-hydrogen) atoms. The van der Waals surface area contributed by atoms with E-state index in [1.165, 1.54) is 0 Å². The fourth-order valence-corrected chi connectivity index (χ4v) is 2.41. The summed E-state index contributed by atoms with van der Waals surface area (Å²) >= 11 is 9.60. The summed E-state index contributed by atoms with van der Waals surface area (Å²) in [5, 5.41) is 3.99. The van der Waals surface area contributed by atoms with Crippen LogP contribution in [0.15, 0.2) is 28.7 Å². The first-order chi connectivity index (χ1) is 9.63. The van der Waals surface area contributed by atoms with Crippen molar-refractivity contribution in [3.8, 4) is 11.4 Å². The Labute approximate surface area is 132 Å². The Kier molecular flexibility index (Phi) is 5.38. The Bertz CT molecular complexity index is 602. The van der Waals surface area contributed by atoms with Crippen LogP contribution in [0, 0.1) is 0 Å². The van der Waals surface area contributed by atoms with Crippen molar-refractivity contribution in [2.45, 2.75) is 26.7 Å². The van der Waals surface area contributed by atoms with E-state index in [1.54, 1.807) is 0 Å². The molecule has 0 unspecified atom stereocenters. The standard InChI is InChI=1S/C15H17BrClN3/c1-3-7-18-14-9-11(4-2)19-15(20-14)12-8-10(17)5-6-13(12)16/h5-6,8-9H,3-4,7H2,1-2H3,(H,18,19,20). The van der Waals surface area contributed by atoms with Gasteiger partial charge in [0, 0.05) is 33.4 Å². The molecule has 1 N–H and O–H groups in total. The first-order valence-corrected chi connectivity index (χ1v) is 7.88. The van der Waals surface area contributed by atoms with Gasteiger partial charge in [0.15, 0.2) is 5.82 Å². The van der Waals surface area contributed by atoms with Crippen molar-refractivity contribution in [3.05, 3.63) is 39.5 Å². The molecule has 0 fully saturated rings. The van der Waals surface area contributed by atoms with Gasteiger partial charge in [0.25, 0.3) is 0 Å². The topological polar surface area (TPSA) is 37.8 Å². The van der Waals surface area contributed by atoms with Crippen molar-refractivity contribution in [3.63, 3.8) is 0 Å². The lowest BCUT2D eigenvalue weighted by Gasteiger charge is -2.10. The van der Waals surface area contributed by atoms with Gasteiger partial charge in [-0.15, -0.1) is 0 Å². The second-order valence-corrected chi connectivity index (χ2v) is 5.76. The van der Waals surface area contributed by atoms with E-state index in [-0.39, 0.29) is 0 Å². The van der Waals surface area contributed by atoms with Gasteiger partial charge in [-0.2, -0.15) is 0 Å². The molecule has 0 saturated heterocycles. The van der Waals surface area contributed by atoms with Crippen molar-refractivity contribution < 1.29 is 0 Å². The van der Waals surface area contributed by atoms with Gasteiger partial charge in [0.1, 0.15) is 5.82 Å². The number of aromatic nitrogens is 2. The Hall–Kier alpha value is -1.13. The van der Waals surface area contributed by atoms with E-state index in [0.29, 0.717) is 10.8 Å². The smallest absolute Gasteiger partial charge is 0.162 e. The molecular weight excluding hydrogens is 338 g/mol. The van der Waals surface area contributed by atoms with Gasteiger partial charge in [-0.1, -0.05) is 41.4 Å². The molecule has 0 radical (unpaired) electrons. The fraction of sp³-hybridized carbons (Fsp3) is 0.333. The molecular formula is C15H17BrClN3. The van der Waals surface area contributed by atoms with Gasteiger partial charge in [-0.3, -0.25) is 0 Å². The van der Waals surface area contributed by atoms with E-state index in [4.69, 9.17) is 11.6 Å². The Balaban J connectivity index is 2.46. The average molecular weight is 355 g/mol. The first-order valence-electron chi connectivity index (χ1n) is 6.71. The maximum atomic E-state index is 6.07. The number of nitrogens with zero attached hydrogens (tertiary/aromatic N) is 2. The van der Waals surface area contributed by atoms with Crippen molar-refractivity contribution in [2.24, 2.45) is 0 Å². The molecule has 0 atom stereocenters. The summed E-state index contributed by atoms with van der Waals surface area (Å²) in [4.78, 5) is 9.17. The summed E-state index contributed by atoms with van der Waals surface area (Å²) in [6, 6.07) is 7.63. The zero-order valence-corrected chi connectivity index (χ0v) is 13.9. The van der Waals surface area contributed by atoms with Crippen LogP contribution in [0.25, 0.3) is 11.4 Å². The highest BCUT2D eigenvalue weighted by molar-refractivity contribution is 9.10. The molecule has 0 aliphatic carbocycles. The number of hydrogen-bond donors (Lipinski definition) is 1. The quantitative estimate of drug-likeness (QED) is 0.826. The zero-order valence-electron chi connectivity index (χ0n) is 11.6. The zero-order chi connectivity index (χ0) is 14.5. The van der Waals surface area contributed by atoms with Crippen molar-refractivity contribution in [2.75, 3.05) is 11.9 Å². The monoisotopic (exact) mass is 353 g/mol. The molecule has 0 amide bonds. The summed E-state index contributed by atoms with van der Waals surface area (Å²) < 4.78 is 0.941. The maximum absolute atomic E-state index is 6.07. The van der Waals surface area contributed by atoms with Crippen LogP contribution in [0.4, 0.5) is 5.82 Å². The van der Waals surface area contributed by atoms with E-state index in [1.807, 2.05) is 24.3 Å². The van der Waals surface area contributed by atoms with E-state index >= 15 is 0 Å². The van der Waals surface area contributed by atoms with E-state index in [9.17, 15) is 0 Å². The van der Waals surface area contributed by atoms with Gasteiger partial charge >= 0.3 is 0 Å². The summed E-state index contributed by atoms with van der Waals surface area (Å²) in [5.74, 6) is 1.55. The molecule has 1 aromatic heterocycles. The highest BCUT2D eigenvalue weighted by Crippen LogP contribution is 2.29. The van der Waals surface area contributed by atoms with E-state index < -0.39 is 0 Å². The number of rotatable bonds is 5. The first kappa shape index (κ1) is 15.3. The number of nitrogens with one attached hydrogen (secondary N) is 1. The van der Waals surface area contributed by atoms with Gasteiger partial charge in [-0.25, -0.2) is 9.97 Å². The number of anilines is 1. The third-order valence-electron chi connectivity index (χ3n) is 2.87. The Morgan fingerprint density at radius 3 is 2.70 bits per heavy atom. The number of hydrogen-bond acceptors (Lipinski definition) is 3. The fourth-order valence-electron chi connectivity index (χ4n) is 1.81. The Morgan fingerprint density at radius 1 is 1.20 bits per heavy atom. The normalized spacial score (nSPS) is 10.6. The molecule has 0 bridgehead atoms. The van der Waals surface area contributed by atoms with Crippen LogP contribution < -0.4 is 5.32 Å². The molecule has 1 heterocycles. The molecule has 0 aliphatic heterocycles. The lowest BCUT2D eigenvalue weighted by atomic mass is 10.2. The van der Waals surface area contributed by atoms with E-state index in [2.05, 4.69) is 45.1 Å². The maximum Gasteiger partial charge on any atom is 0.162 e. The number of aryl methyl sites for hydroxylation is 1. The van der Waals surface area contributed by atoms with Crippen molar-refractivity contribution >= 4 is 33.3 Å². The largest absolute Gasteiger partial charge is 0.370 e. The summed E-state index contributed by atoms with van der Waals surface area (Å²) in [6.07, 6.45) is 1.93. The summed E-state index contributed by atoms with van der Waals surface area (Å²) in [5.41, 5.74) is 1.92. The lowest BCUT2D eigenvalue weighted by Crippen LogP contribution is -2.05. The molecule has 0 saturated carbocycles. The molecule has 0 spiro atoms. The third kappa shape index (κ3) is 3.70. The minimum Gasteiger partial charge on any atom is -0.370 e. The minimum atomic E-state index is 0.678. The van der Waals surface area contributed by atoms with Crippen molar-refractivity contribution in [1.82, 2.24) is 9.97 Å². The number of benzene rings is 1. The van der Waals surface area contributed by atoms with Crippen LogP contribution in [-0.4, -0.2) is 16.5 Å². The molecule has 106 valence electrons. The molecule has 3 nitrogen and oxygen atoms in total. The second-order valence-electron chi connectivity index (χ2n) is 4.47. The van der Waals surface area contributed by atoms with Crippen LogP contribution in [0.5, 0.6) is 0 Å². The number of halogens is 2. The van der Waals surface area contributed by atoms with Crippen LogP contribution in [0.1, 0.15) is 26.0 Å². The summed E-state index contributed by atoms with van der Waals surface area (Å²) in [7, 11) is 0. The van der Waals surface area contributed by atoms with Crippen molar-refractivity contribution in [1.29, 1.82) is 0 Å². The lowest BCUT2D eigenvalue weighted by molar-refractivity contribution is 0.951. The SMILES string of the molecule is CCCNc1cc(CC)nc(-c2cc(Cl)ccc2Br)n1. The predicted molar refractivity (Wildman–Crippen MR) is 88.3 cm³/mol. The van der Waals surface area contributed by atoms with Crippen LogP contribution in [-0.2, 0) is 6.42 Å². The molecule has 0 aliphatic rings. The minimum absolute atomic E-state index is 0.678. The van der Waals surface area contributed by atoms with Gasteiger partial charge in [0.05, 0.1) is 0 Å². The molecule has 2 aromatic rings.